The molecule has 0 spiro atoms. The fraction of sp³-hybridized carbons (Fsp3) is 0.235. The van der Waals surface area contributed by atoms with Gasteiger partial charge < -0.3 is 9.84 Å². The van der Waals surface area contributed by atoms with Gasteiger partial charge in [-0.1, -0.05) is 48.0 Å². The van der Waals surface area contributed by atoms with Gasteiger partial charge in [-0.2, -0.15) is 0 Å². The van der Waals surface area contributed by atoms with Gasteiger partial charge in [0.2, 0.25) is 0 Å². The molecule has 0 amide bonds. The van der Waals surface area contributed by atoms with Crippen LogP contribution < -0.4 is 0 Å². The van der Waals surface area contributed by atoms with Gasteiger partial charge in [0.15, 0.2) is 0 Å². The van der Waals surface area contributed by atoms with Crippen LogP contribution in [0, 0.1) is 6.92 Å². The molecule has 1 fully saturated rings. The molecule has 3 rings (SSSR count). The van der Waals surface area contributed by atoms with Crippen LogP contribution in [0.1, 0.15) is 11.1 Å². The highest BCUT2D eigenvalue weighted by Gasteiger charge is 2.38. The van der Waals surface area contributed by atoms with Gasteiger partial charge in [-0.05, 0) is 23.3 Å². The third-order valence-corrected chi connectivity index (χ3v) is 3.83. The first kappa shape index (κ1) is 12.9. The summed E-state index contributed by atoms with van der Waals surface area (Å²) >= 11 is 0. The molecule has 1 aliphatic rings. The summed E-state index contributed by atoms with van der Waals surface area (Å²) in [5, 5.41) is 11.2. The quantitative estimate of drug-likeness (QED) is 0.870. The lowest BCUT2D eigenvalue weighted by Crippen LogP contribution is -2.45. The van der Waals surface area contributed by atoms with E-state index in [1.807, 2.05) is 0 Å². The Kier molecular flexibility index (Phi) is 3.07. The minimum atomic E-state index is -0.923. The van der Waals surface area contributed by atoms with Crippen molar-refractivity contribution in [3.8, 4) is 0 Å². The van der Waals surface area contributed by atoms with Gasteiger partial charge in [-0.15, -0.1) is 0 Å². The second-order valence-electron chi connectivity index (χ2n) is 5.39. The molecule has 0 unspecified atom stereocenters. The van der Waals surface area contributed by atoms with Crippen molar-refractivity contribution in [3.05, 3.63) is 59.7 Å². The zero-order valence-electron chi connectivity index (χ0n) is 11.3. The standard InChI is InChI=1S/C17H16O3/c1-12-2-3-14-9-15(5-4-13(14)8-12)17(10-20-11-17)7-6-16(18)19/h2-9H,10-11H2,1H3,(H,18,19)/b7-6+. The Morgan fingerprint density at radius 1 is 1.20 bits per heavy atom. The van der Waals surface area contributed by atoms with Crippen LogP contribution >= 0.6 is 0 Å². The molecule has 20 heavy (non-hydrogen) atoms. The topological polar surface area (TPSA) is 46.5 Å². The maximum Gasteiger partial charge on any atom is 0.328 e. The summed E-state index contributed by atoms with van der Waals surface area (Å²) in [6.07, 6.45) is 2.95. The van der Waals surface area contributed by atoms with E-state index in [2.05, 4.69) is 43.3 Å². The minimum absolute atomic E-state index is 0.294. The molecule has 0 atom stereocenters. The number of rotatable bonds is 3. The number of aryl methyl sites for hydroxylation is 1. The normalized spacial score (nSPS) is 17.2. The van der Waals surface area contributed by atoms with Crippen molar-refractivity contribution in [2.45, 2.75) is 12.3 Å². The fourth-order valence-corrected chi connectivity index (χ4v) is 2.59. The highest BCUT2D eigenvalue weighted by atomic mass is 16.5. The van der Waals surface area contributed by atoms with Crippen molar-refractivity contribution in [1.82, 2.24) is 0 Å². The van der Waals surface area contributed by atoms with E-state index in [1.165, 1.54) is 22.4 Å². The van der Waals surface area contributed by atoms with Crippen LogP contribution in [0.3, 0.4) is 0 Å². The fourth-order valence-electron chi connectivity index (χ4n) is 2.59. The maximum atomic E-state index is 10.7. The predicted octanol–water partition coefficient (Wildman–Crippen LogP) is 3.06. The van der Waals surface area contributed by atoms with Crippen molar-refractivity contribution in [1.29, 1.82) is 0 Å². The van der Waals surface area contributed by atoms with Crippen molar-refractivity contribution >= 4 is 16.7 Å². The van der Waals surface area contributed by atoms with Crippen molar-refractivity contribution < 1.29 is 14.6 Å². The summed E-state index contributed by atoms with van der Waals surface area (Å²) in [7, 11) is 0. The van der Waals surface area contributed by atoms with E-state index in [-0.39, 0.29) is 5.41 Å². The van der Waals surface area contributed by atoms with E-state index >= 15 is 0 Å². The molecule has 1 saturated heterocycles. The Morgan fingerprint density at radius 3 is 2.55 bits per heavy atom. The molecule has 102 valence electrons. The van der Waals surface area contributed by atoms with Crippen molar-refractivity contribution in [2.75, 3.05) is 13.2 Å². The van der Waals surface area contributed by atoms with Crippen LogP contribution in [0.25, 0.3) is 10.8 Å². The number of aliphatic carboxylic acids is 1. The van der Waals surface area contributed by atoms with Crippen LogP contribution in [0.5, 0.6) is 0 Å². The van der Waals surface area contributed by atoms with E-state index in [1.54, 1.807) is 6.08 Å². The molecule has 0 bridgehead atoms. The molecule has 0 aromatic heterocycles. The molecule has 1 aliphatic heterocycles. The van der Waals surface area contributed by atoms with E-state index in [0.29, 0.717) is 13.2 Å². The number of fused-ring (bicyclic) bond motifs is 1. The molecule has 0 radical (unpaired) electrons. The molecule has 0 saturated carbocycles. The third kappa shape index (κ3) is 2.21. The molecular formula is C17H16O3. The van der Waals surface area contributed by atoms with Gasteiger partial charge in [-0.25, -0.2) is 4.79 Å². The predicted molar refractivity (Wildman–Crippen MR) is 78.0 cm³/mol. The first-order valence-electron chi connectivity index (χ1n) is 6.60. The number of benzene rings is 2. The SMILES string of the molecule is Cc1ccc2cc(C3(/C=C/C(=O)O)COC3)ccc2c1. The van der Waals surface area contributed by atoms with E-state index in [4.69, 9.17) is 9.84 Å². The van der Waals surface area contributed by atoms with E-state index < -0.39 is 5.97 Å². The first-order valence-corrected chi connectivity index (χ1v) is 6.60. The lowest BCUT2D eigenvalue weighted by molar-refractivity contribution is -0.131. The smallest absolute Gasteiger partial charge is 0.328 e. The molecular weight excluding hydrogens is 252 g/mol. The maximum absolute atomic E-state index is 10.7. The Hall–Kier alpha value is -2.13. The second kappa shape index (κ2) is 4.76. The van der Waals surface area contributed by atoms with Gasteiger partial charge in [0, 0.05) is 6.08 Å². The van der Waals surface area contributed by atoms with Crippen LogP contribution in [0.15, 0.2) is 48.6 Å². The number of carboxylic acid groups (broad SMARTS) is 1. The average molecular weight is 268 g/mol. The molecule has 3 nitrogen and oxygen atoms in total. The van der Waals surface area contributed by atoms with Crippen LogP contribution in [0.2, 0.25) is 0 Å². The van der Waals surface area contributed by atoms with Gasteiger partial charge in [-0.3, -0.25) is 0 Å². The lowest BCUT2D eigenvalue weighted by atomic mass is 9.77. The summed E-state index contributed by atoms with van der Waals surface area (Å²) in [4.78, 5) is 10.7. The van der Waals surface area contributed by atoms with E-state index in [0.717, 1.165) is 5.56 Å². The molecule has 3 heteroatoms. The summed E-state index contributed by atoms with van der Waals surface area (Å²) in [5.41, 5.74) is 2.05. The Balaban J connectivity index is 2.04. The monoisotopic (exact) mass is 268 g/mol. The average Bonchev–Trinajstić information content (AvgIpc) is 2.37. The van der Waals surface area contributed by atoms with Gasteiger partial charge in [0.05, 0.1) is 18.6 Å². The lowest BCUT2D eigenvalue weighted by Gasteiger charge is -2.39. The van der Waals surface area contributed by atoms with Crippen LogP contribution in [-0.4, -0.2) is 24.3 Å². The Morgan fingerprint density at radius 2 is 1.90 bits per heavy atom. The van der Waals surface area contributed by atoms with E-state index in [9.17, 15) is 4.79 Å². The molecule has 2 aromatic carbocycles. The highest BCUT2D eigenvalue weighted by Crippen LogP contribution is 2.35. The van der Waals surface area contributed by atoms with Crippen molar-refractivity contribution in [2.24, 2.45) is 0 Å². The van der Waals surface area contributed by atoms with Gasteiger partial charge >= 0.3 is 5.97 Å². The summed E-state index contributed by atoms with van der Waals surface area (Å²) in [6, 6.07) is 12.6. The molecule has 1 heterocycles. The third-order valence-electron chi connectivity index (χ3n) is 3.83. The van der Waals surface area contributed by atoms with Crippen molar-refractivity contribution in [3.63, 3.8) is 0 Å². The van der Waals surface area contributed by atoms with Gasteiger partial charge in [0.1, 0.15) is 0 Å². The molecule has 0 aliphatic carbocycles. The summed E-state index contributed by atoms with van der Waals surface area (Å²) in [5.74, 6) is -0.923. The van der Waals surface area contributed by atoms with Crippen LogP contribution in [0.4, 0.5) is 0 Å². The number of carbonyl (C=O) groups is 1. The highest BCUT2D eigenvalue weighted by molar-refractivity contribution is 5.84. The second-order valence-corrected chi connectivity index (χ2v) is 5.39. The number of hydrogen-bond acceptors (Lipinski definition) is 2. The van der Waals surface area contributed by atoms with Gasteiger partial charge in [0.25, 0.3) is 0 Å². The zero-order chi connectivity index (χ0) is 14.2. The number of hydrogen-bond donors (Lipinski definition) is 1. The van der Waals surface area contributed by atoms with Crippen LogP contribution in [-0.2, 0) is 14.9 Å². The number of carboxylic acids is 1. The number of ether oxygens (including phenoxy) is 1. The summed E-state index contributed by atoms with van der Waals surface area (Å²) < 4.78 is 5.31. The summed E-state index contributed by atoms with van der Waals surface area (Å²) in [6.45, 7) is 3.15. The molecule has 1 N–H and O–H groups in total. The first-order chi connectivity index (χ1) is 9.59. The largest absolute Gasteiger partial charge is 0.478 e. The Labute approximate surface area is 117 Å². The zero-order valence-corrected chi connectivity index (χ0v) is 11.3. The molecule has 2 aromatic rings. The Bertz CT molecular complexity index is 696. The minimum Gasteiger partial charge on any atom is -0.478 e.